The molecule has 2 aromatic carbocycles. The zero-order valence-corrected chi connectivity index (χ0v) is 14.4. The molecule has 2 amide bonds. The van der Waals surface area contributed by atoms with Gasteiger partial charge < -0.3 is 16.4 Å². The third-order valence-electron chi connectivity index (χ3n) is 4.79. The van der Waals surface area contributed by atoms with E-state index in [1.54, 1.807) is 24.3 Å². The van der Waals surface area contributed by atoms with Crippen LogP contribution in [0.25, 0.3) is 0 Å². The van der Waals surface area contributed by atoms with Crippen LogP contribution in [0.2, 0.25) is 0 Å². The number of primary amides is 1. The van der Waals surface area contributed by atoms with Gasteiger partial charge in [0.15, 0.2) is 6.04 Å². The van der Waals surface area contributed by atoms with E-state index in [0.29, 0.717) is 17.3 Å². The number of anilines is 1. The van der Waals surface area contributed by atoms with Crippen LogP contribution in [0.1, 0.15) is 47.3 Å². The van der Waals surface area contributed by atoms with Crippen LogP contribution in [-0.4, -0.2) is 17.9 Å². The lowest BCUT2D eigenvalue weighted by Crippen LogP contribution is -2.92. The number of fused-ring (bicyclic) bond motifs is 1. The summed E-state index contributed by atoms with van der Waals surface area (Å²) in [6, 6.07) is 15.2. The molecule has 2 atom stereocenters. The minimum absolute atomic E-state index is 0.0464. The van der Waals surface area contributed by atoms with Gasteiger partial charge in [-0.15, -0.1) is 0 Å². The highest BCUT2D eigenvalue weighted by molar-refractivity contribution is 5.95. The fourth-order valence-corrected chi connectivity index (χ4v) is 3.40. The molecule has 0 spiro atoms. The largest absolute Gasteiger partial charge is 0.366 e. The SMILES string of the molecule is C[C@@H]([NH2+][C@@H]1CCCc2ccccc21)C(=O)Nc1ccc(C(N)=O)cc1. The highest BCUT2D eigenvalue weighted by Gasteiger charge is 2.27. The molecule has 0 fully saturated rings. The molecule has 0 aromatic heterocycles. The van der Waals surface area contributed by atoms with Gasteiger partial charge in [-0.3, -0.25) is 9.59 Å². The Balaban J connectivity index is 1.62. The van der Waals surface area contributed by atoms with Crippen LogP contribution in [0.5, 0.6) is 0 Å². The van der Waals surface area contributed by atoms with Crippen molar-refractivity contribution < 1.29 is 14.9 Å². The van der Waals surface area contributed by atoms with Crippen molar-refractivity contribution >= 4 is 17.5 Å². The molecule has 0 aliphatic heterocycles. The van der Waals surface area contributed by atoms with Crippen LogP contribution in [-0.2, 0) is 11.2 Å². The van der Waals surface area contributed by atoms with Crippen LogP contribution in [0, 0.1) is 0 Å². The molecule has 5 heteroatoms. The Kier molecular flexibility index (Phi) is 5.14. The van der Waals surface area contributed by atoms with Crippen LogP contribution in [0.3, 0.4) is 0 Å². The lowest BCUT2D eigenvalue weighted by atomic mass is 9.87. The highest BCUT2D eigenvalue weighted by Crippen LogP contribution is 2.26. The second-order valence-corrected chi connectivity index (χ2v) is 6.61. The van der Waals surface area contributed by atoms with Gasteiger partial charge in [0.05, 0.1) is 0 Å². The van der Waals surface area contributed by atoms with Gasteiger partial charge in [-0.25, -0.2) is 0 Å². The first-order valence-corrected chi connectivity index (χ1v) is 8.68. The van der Waals surface area contributed by atoms with Gasteiger partial charge in [0, 0.05) is 23.2 Å². The van der Waals surface area contributed by atoms with Crippen molar-refractivity contribution in [3.8, 4) is 0 Å². The number of carbonyl (C=O) groups excluding carboxylic acids is 2. The highest BCUT2D eigenvalue weighted by atomic mass is 16.2. The molecule has 0 radical (unpaired) electrons. The molecule has 25 heavy (non-hydrogen) atoms. The summed E-state index contributed by atoms with van der Waals surface area (Å²) in [5.74, 6) is -0.523. The van der Waals surface area contributed by atoms with E-state index in [4.69, 9.17) is 5.73 Å². The molecule has 0 unspecified atom stereocenters. The smallest absolute Gasteiger partial charge is 0.282 e. The van der Waals surface area contributed by atoms with Gasteiger partial charge in [0.25, 0.3) is 5.91 Å². The lowest BCUT2D eigenvalue weighted by molar-refractivity contribution is -0.714. The Morgan fingerprint density at radius 2 is 1.88 bits per heavy atom. The van der Waals surface area contributed by atoms with Crippen molar-refractivity contribution in [2.75, 3.05) is 5.32 Å². The summed E-state index contributed by atoms with van der Waals surface area (Å²) in [7, 11) is 0. The maximum Gasteiger partial charge on any atom is 0.282 e. The van der Waals surface area contributed by atoms with E-state index < -0.39 is 5.91 Å². The monoisotopic (exact) mass is 338 g/mol. The lowest BCUT2D eigenvalue weighted by Gasteiger charge is -2.26. The third kappa shape index (κ3) is 4.06. The van der Waals surface area contributed by atoms with Crippen molar-refractivity contribution in [1.29, 1.82) is 0 Å². The standard InChI is InChI=1S/C20H23N3O2/c1-13(20(25)23-16-11-9-15(10-12-16)19(21)24)22-18-8-4-6-14-5-2-3-7-17(14)18/h2-3,5,7,9-13,18,22H,4,6,8H2,1H3,(H2,21,24)(H,23,25)/p+1/t13-,18-/m1/s1. The van der Waals surface area contributed by atoms with E-state index in [9.17, 15) is 9.59 Å². The molecular formula is C20H24N3O2+. The number of hydrogen-bond donors (Lipinski definition) is 3. The van der Waals surface area contributed by atoms with Crippen molar-refractivity contribution in [2.45, 2.75) is 38.3 Å². The van der Waals surface area contributed by atoms with Crippen molar-refractivity contribution in [1.82, 2.24) is 0 Å². The van der Waals surface area contributed by atoms with Gasteiger partial charge >= 0.3 is 0 Å². The first-order valence-electron chi connectivity index (χ1n) is 8.68. The third-order valence-corrected chi connectivity index (χ3v) is 4.79. The van der Waals surface area contributed by atoms with Crippen LogP contribution >= 0.6 is 0 Å². The number of quaternary nitrogens is 1. The molecule has 0 saturated heterocycles. The van der Waals surface area contributed by atoms with E-state index >= 15 is 0 Å². The molecule has 130 valence electrons. The van der Waals surface area contributed by atoms with Gasteiger partial charge in [0.1, 0.15) is 6.04 Å². The maximum atomic E-state index is 12.5. The van der Waals surface area contributed by atoms with Gasteiger partial charge in [-0.05, 0) is 49.6 Å². The Morgan fingerprint density at radius 3 is 2.60 bits per heavy atom. The number of hydrogen-bond acceptors (Lipinski definition) is 2. The maximum absolute atomic E-state index is 12.5. The number of nitrogens with one attached hydrogen (secondary N) is 1. The van der Waals surface area contributed by atoms with E-state index in [1.807, 2.05) is 6.92 Å². The Hall–Kier alpha value is -2.66. The van der Waals surface area contributed by atoms with Crippen molar-refractivity contribution in [3.63, 3.8) is 0 Å². The Bertz CT molecular complexity index is 771. The number of aryl methyl sites for hydroxylation is 1. The molecular weight excluding hydrogens is 314 g/mol. The van der Waals surface area contributed by atoms with E-state index in [-0.39, 0.29) is 11.9 Å². The second-order valence-electron chi connectivity index (χ2n) is 6.61. The Morgan fingerprint density at radius 1 is 1.16 bits per heavy atom. The summed E-state index contributed by atoms with van der Waals surface area (Å²) < 4.78 is 0. The minimum Gasteiger partial charge on any atom is -0.366 e. The Labute approximate surface area is 147 Å². The first-order chi connectivity index (χ1) is 12.0. The molecule has 5 N–H and O–H groups in total. The fourth-order valence-electron chi connectivity index (χ4n) is 3.40. The molecule has 0 bridgehead atoms. The molecule has 0 saturated carbocycles. The molecule has 5 nitrogen and oxygen atoms in total. The average Bonchev–Trinajstić information content (AvgIpc) is 2.62. The minimum atomic E-state index is -0.476. The molecule has 1 aliphatic rings. The predicted octanol–water partition coefficient (Wildman–Crippen LogP) is 1.75. The van der Waals surface area contributed by atoms with Crippen LogP contribution < -0.4 is 16.4 Å². The number of rotatable bonds is 5. The predicted molar refractivity (Wildman–Crippen MR) is 97.1 cm³/mol. The van der Waals surface area contributed by atoms with Crippen molar-refractivity contribution in [3.05, 3.63) is 65.2 Å². The van der Waals surface area contributed by atoms with Gasteiger partial charge in [0.2, 0.25) is 5.91 Å². The average molecular weight is 338 g/mol. The summed E-state index contributed by atoms with van der Waals surface area (Å²) in [5.41, 5.74) is 9.06. The number of benzene rings is 2. The molecule has 1 aliphatic carbocycles. The van der Waals surface area contributed by atoms with Crippen LogP contribution in [0.15, 0.2) is 48.5 Å². The summed E-state index contributed by atoms with van der Waals surface area (Å²) >= 11 is 0. The summed E-state index contributed by atoms with van der Waals surface area (Å²) in [5, 5.41) is 5.04. The second kappa shape index (κ2) is 7.49. The first kappa shape index (κ1) is 17.2. The topological polar surface area (TPSA) is 88.8 Å². The van der Waals surface area contributed by atoms with Gasteiger partial charge in [-0.2, -0.15) is 0 Å². The van der Waals surface area contributed by atoms with E-state index in [0.717, 1.165) is 19.3 Å². The number of amides is 2. The normalized spacial score (nSPS) is 17.4. The van der Waals surface area contributed by atoms with Crippen LogP contribution in [0.4, 0.5) is 5.69 Å². The van der Waals surface area contributed by atoms with E-state index in [2.05, 4.69) is 34.9 Å². The van der Waals surface area contributed by atoms with E-state index in [1.165, 1.54) is 11.1 Å². The van der Waals surface area contributed by atoms with Gasteiger partial charge in [-0.1, -0.05) is 24.3 Å². The fraction of sp³-hybridized carbons (Fsp3) is 0.300. The zero-order chi connectivity index (χ0) is 17.8. The number of carbonyl (C=O) groups is 2. The van der Waals surface area contributed by atoms with Crippen molar-refractivity contribution in [2.24, 2.45) is 5.73 Å². The summed E-state index contributed by atoms with van der Waals surface area (Å²) in [6.07, 6.45) is 3.36. The molecule has 2 aromatic rings. The zero-order valence-electron chi connectivity index (χ0n) is 14.4. The number of nitrogens with two attached hydrogens (primary N) is 2. The molecule has 0 heterocycles. The summed E-state index contributed by atoms with van der Waals surface area (Å²) in [4.78, 5) is 23.6. The summed E-state index contributed by atoms with van der Waals surface area (Å²) in [6.45, 7) is 1.92. The quantitative estimate of drug-likeness (QED) is 0.775. The molecule has 3 rings (SSSR count).